The van der Waals surface area contributed by atoms with Crippen molar-refractivity contribution in [3.8, 4) is 0 Å². The molecule has 206 valence electrons. The van der Waals surface area contributed by atoms with Crippen LogP contribution in [0.4, 0.5) is 0 Å². The number of nitrogens with zero attached hydrogens (tertiary/aromatic N) is 1. The van der Waals surface area contributed by atoms with E-state index in [0.717, 1.165) is 16.8 Å². The highest BCUT2D eigenvalue weighted by atomic mass is 31.3. The molecule has 0 aromatic carbocycles. The number of phosphoric ester groups is 2. The maximum Gasteiger partial charge on any atom is 0.483 e. The van der Waals surface area contributed by atoms with Gasteiger partial charge in [-0.1, -0.05) is 0 Å². The number of hydrogen-bond donors (Lipinski definition) is 9. The average Bonchev–Trinajstić information content (AvgIpc) is 3.06. The van der Waals surface area contributed by atoms with Crippen LogP contribution < -0.4 is 17.0 Å². The summed E-state index contributed by atoms with van der Waals surface area (Å²) in [5.74, 6) is 0. The summed E-state index contributed by atoms with van der Waals surface area (Å²) in [6.07, 6.45) is -14.8. The lowest BCUT2D eigenvalue weighted by molar-refractivity contribution is -0.273. The number of rotatable bonds is 9. The van der Waals surface area contributed by atoms with Gasteiger partial charge in [0.25, 0.3) is 5.56 Å². The molecule has 0 spiro atoms. The maximum absolute atomic E-state index is 12.2. The fourth-order valence-corrected chi connectivity index (χ4v) is 5.55. The van der Waals surface area contributed by atoms with Gasteiger partial charge in [-0.3, -0.25) is 23.4 Å². The van der Waals surface area contributed by atoms with Gasteiger partial charge in [0.05, 0.1) is 6.61 Å². The Bertz CT molecular complexity index is 1130. The lowest BCUT2D eigenvalue weighted by Gasteiger charge is -2.39. The molecule has 2 fully saturated rings. The Hall–Kier alpha value is -1.38. The first kappa shape index (κ1) is 29.2. The van der Waals surface area contributed by atoms with Crippen LogP contribution in [-0.2, 0) is 32.0 Å². The molecular weight excluding hydrogens is 540 g/mol. The smallest absolute Gasteiger partial charge is 0.388 e. The summed E-state index contributed by atoms with van der Waals surface area (Å²) in [5.41, 5.74) is 3.59. The molecule has 10 N–H and O–H groups in total. The van der Waals surface area contributed by atoms with E-state index in [-0.39, 0.29) is 0 Å². The van der Waals surface area contributed by atoms with Gasteiger partial charge in [-0.05, 0) is 0 Å². The van der Waals surface area contributed by atoms with Crippen LogP contribution in [0.15, 0.2) is 21.9 Å². The van der Waals surface area contributed by atoms with Crippen molar-refractivity contribution in [1.82, 2.24) is 9.55 Å². The van der Waals surface area contributed by atoms with Crippen molar-refractivity contribution >= 4 is 15.6 Å². The van der Waals surface area contributed by atoms with Gasteiger partial charge in [0.1, 0.15) is 42.7 Å². The number of aliphatic hydroxyl groups is 5. The van der Waals surface area contributed by atoms with Gasteiger partial charge < -0.3 is 50.5 Å². The van der Waals surface area contributed by atoms with E-state index in [4.69, 9.17) is 15.2 Å². The molecule has 3 heterocycles. The van der Waals surface area contributed by atoms with Crippen molar-refractivity contribution in [2.24, 2.45) is 5.73 Å². The molecule has 3 rings (SSSR count). The predicted octanol–water partition coefficient (Wildman–Crippen LogP) is -4.83. The normalized spacial score (nSPS) is 38.4. The molecule has 0 amide bonds. The van der Waals surface area contributed by atoms with Gasteiger partial charge in [0.2, 0.25) is 0 Å². The molecule has 11 atom stereocenters. The molecule has 2 aliphatic rings. The summed E-state index contributed by atoms with van der Waals surface area (Å²) < 4.78 is 48.4. The van der Waals surface area contributed by atoms with Crippen molar-refractivity contribution in [3.63, 3.8) is 0 Å². The Kier molecular flexibility index (Phi) is 9.05. The van der Waals surface area contributed by atoms with Crippen molar-refractivity contribution in [3.05, 3.63) is 33.1 Å². The maximum atomic E-state index is 12.2. The van der Waals surface area contributed by atoms with Gasteiger partial charge in [0.15, 0.2) is 12.5 Å². The summed E-state index contributed by atoms with van der Waals surface area (Å²) in [6.45, 7) is -1.41. The van der Waals surface area contributed by atoms with E-state index in [9.17, 15) is 54.0 Å². The molecule has 2 saturated heterocycles. The molecule has 8 unspecified atom stereocenters. The van der Waals surface area contributed by atoms with E-state index < -0.39 is 95.3 Å². The molecule has 0 aliphatic carbocycles. The highest BCUT2D eigenvalue weighted by molar-refractivity contribution is 7.61. The molecule has 2 aliphatic heterocycles. The van der Waals surface area contributed by atoms with E-state index >= 15 is 0 Å². The first-order chi connectivity index (χ1) is 16.7. The third kappa shape index (κ3) is 6.54. The summed E-state index contributed by atoms with van der Waals surface area (Å²) >= 11 is 0. The van der Waals surface area contributed by atoms with Crippen molar-refractivity contribution < 1.29 is 67.3 Å². The molecule has 1 aromatic heterocycles. The minimum absolute atomic E-state index is 0.398. The number of aliphatic hydroxyl groups excluding tert-OH is 5. The Morgan fingerprint density at radius 1 is 0.944 bits per heavy atom. The van der Waals surface area contributed by atoms with Gasteiger partial charge >= 0.3 is 21.3 Å². The lowest BCUT2D eigenvalue weighted by atomic mass is 9.99. The van der Waals surface area contributed by atoms with Crippen LogP contribution in [-0.4, -0.2) is 107 Å². The zero-order valence-electron chi connectivity index (χ0n) is 18.0. The molecular formula is C15H25N3O16P2. The van der Waals surface area contributed by atoms with E-state index in [2.05, 4.69) is 13.4 Å². The Balaban J connectivity index is 1.61. The fourth-order valence-electron chi connectivity index (χ4n) is 3.39. The number of aromatic amines is 1. The first-order valence-corrected chi connectivity index (χ1v) is 13.1. The largest absolute Gasteiger partial charge is 0.483 e. The third-order valence-corrected chi connectivity index (χ3v) is 7.81. The van der Waals surface area contributed by atoms with Crippen LogP contribution in [0.25, 0.3) is 0 Å². The first-order valence-electron chi connectivity index (χ1n) is 10.1. The summed E-state index contributed by atoms with van der Waals surface area (Å²) in [5, 5.41) is 49.6. The SMILES string of the molecule is NCC1O[C@H](OP(=O)(O)OP(=O)(O)OCC2OC(n3ccc(=O)[nH]c3=O)C(O)C2O)[C@@H](O)C(O)[C@H]1O. The van der Waals surface area contributed by atoms with Crippen molar-refractivity contribution in [2.45, 2.75) is 55.2 Å². The minimum Gasteiger partial charge on any atom is -0.388 e. The molecule has 19 nitrogen and oxygen atoms in total. The van der Waals surface area contributed by atoms with Crippen LogP contribution in [0.3, 0.4) is 0 Å². The van der Waals surface area contributed by atoms with Gasteiger partial charge in [-0.2, -0.15) is 4.31 Å². The number of nitrogens with two attached hydrogens (primary N) is 1. The lowest BCUT2D eigenvalue weighted by Crippen LogP contribution is -2.59. The topological polar surface area (TPSA) is 303 Å². The van der Waals surface area contributed by atoms with Crippen LogP contribution in [0.5, 0.6) is 0 Å². The fraction of sp³-hybridized carbons (Fsp3) is 0.733. The average molecular weight is 565 g/mol. The second kappa shape index (κ2) is 11.2. The van der Waals surface area contributed by atoms with Gasteiger partial charge in [0, 0.05) is 18.8 Å². The monoisotopic (exact) mass is 565 g/mol. The van der Waals surface area contributed by atoms with Crippen molar-refractivity contribution in [2.75, 3.05) is 13.2 Å². The number of nitrogens with one attached hydrogen (secondary N) is 1. The number of phosphoric acid groups is 2. The van der Waals surface area contributed by atoms with E-state index in [1.165, 1.54) is 0 Å². The summed E-state index contributed by atoms with van der Waals surface area (Å²) in [6, 6.07) is 0.935. The summed E-state index contributed by atoms with van der Waals surface area (Å²) in [7, 11) is -11.0. The number of ether oxygens (including phenoxy) is 2. The van der Waals surface area contributed by atoms with E-state index in [1.54, 1.807) is 0 Å². The standard InChI is InChI=1S/C15H25N3O16P2/c16-3-5-8(20)10(22)12(24)14(32-5)33-36(28,29)34-35(26,27)30-4-6-9(21)11(23)13(31-6)18-2-1-7(19)17-15(18)25/h1-2,5-6,8-14,20-24H,3-4,16H2,(H,26,27)(H,28,29)(H,17,19,25)/t5?,6?,8-,9?,10?,11?,12-,13?,14+/m0/s1. The van der Waals surface area contributed by atoms with Crippen LogP contribution in [0.2, 0.25) is 0 Å². The highest BCUT2D eigenvalue weighted by Gasteiger charge is 2.49. The van der Waals surface area contributed by atoms with Gasteiger partial charge in [-0.25, -0.2) is 13.9 Å². The van der Waals surface area contributed by atoms with Crippen LogP contribution in [0, 0.1) is 0 Å². The zero-order valence-corrected chi connectivity index (χ0v) is 19.8. The second-order valence-corrected chi connectivity index (χ2v) is 10.7. The third-order valence-electron chi connectivity index (χ3n) is 5.21. The molecule has 36 heavy (non-hydrogen) atoms. The predicted molar refractivity (Wildman–Crippen MR) is 111 cm³/mol. The summed E-state index contributed by atoms with van der Waals surface area (Å²) in [4.78, 5) is 44.6. The molecule has 1 aromatic rings. The molecule has 21 heteroatoms. The number of H-pyrrole nitrogens is 1. The zero-order chi connectivity index (χ0) is 27.0. The minimum atomic E-state index is -5.55. The van der Waals surface area contributed by atoms with E-state index in [1.807, 2.05) is 4.98 Å². The van der Waals surface area contributed by atoms with Crippen LogP contribution >= 0.6 is 15.6 Å². The van der Waals surface area contributed by atoms with Gasteiger partial charge in [-0.15, -0.1) is 0 Å². The highest BCUT2D eigenvalue weighted by Crippen LogP contribution is 2.61. The second-order valence-electron chi connectivity index (χ2n) is 7.73. The Morgan fingerprint density at radius 2 is 1.58 bits per heavy atom. The Labute approximate surface area is 200 Å². The van der Waals surface area contributed by atoms with Crippen molar-refractivity contribution in [1.29, 1.82) is 0 Å². The molecule has 0 radical (unpaired) electrons. The number of hydrogen-bond acceptors (Lipinski definition) is 15. The molecule has 0 bridgehead atoms. The number of aromatic nitrogens is 2. The quantitative estimate of drug-likeness (QED) is 0.127. The Morgan fingerprint density at radius 3 is 2.19 bits per heavy atom. The van der Waals surface area contributed by atoms with Crippen LogP contribution in [0.1, 0.15) is 6.23 Å². The molecule has 0 saturated carbocycles. The van der Waals surface area contributed by atoms with E-state index in [0.29, 0.717) is 0 Å².